The molecule has 1 saturated heterocycles. The maximum absolute atomic E-state index is 13.5. The molecule has 1 unspecified atom stereocenters. The minimum atomic E-state index is -0.943. The molecule has 5 aliphatic rings. The Kier molecular flexibility index (Phi) is 4.44. The second kappa shape index (κ2) is 7.49. The lowest BCUT2D eigenvalue weighted by molar-refractivity contribution is -0.191. The van der Waals surface area contributed by atoms with E-state index in [9.17, 15) is 15.0 Å². The maximum Gasteiger partial charge on any atom is 0.251 e. The molecule has 2 heterocycles. The van der Waals surface area contributed by atoms with Gasteiger partial charge in [-0.3, -0.25) is 9.69 Å². The minimum Gasteiger partial charge on any atom is -0.504 e. The highest BCUT2D eigenvalue weighted by molar-refractivity contribution is 5.98. The van der Waals surface area contributed by atoms with E-state index in [2.05, 4.69) is 10.2 Å². The summed E-state index contributed by atoms with van der Waals surface area (Å²) in [4.78, 5) is 16.0. The largest absolute Gasteiger partial charge is 0.504 e. The number of amides is 1. The van der Waals surface area contributed by atoms with Crippen molar-refractivity contribution in [3.05, 3.63) is 71.3 Å². The molecule has 2 aliphatic heterocycles. The molecule has 2 saturated carbocycles. The van der Waals surface area contributed by atoms with Gasteiger partial charge in [0.25, 0.3) is 5.91 Å². The van der Waals surface area contributed by atoms with Gasteiger partial charge in [-0.15, -0.1) is 0 Å². The summed E-state index contributed by atoms with van der Waals surface area (Å²) < 4.78 is 6.58. The average molecular weight is 497 g/mol. The zero-order valence-corrected chi connectivity index (χ0v) is 20.8. The first-order valence-corrected chi connectivity index (χ1v) is 13.8. The molecule has 3 fully saturated rings. The average Bonchev–Trinajstić information content (AvgIpc) is 3.65. The predicted molar refractivity (Wildman–Crippen MR) is 140 cm³/mol. The Hall–Kier alpha value is -3.09. The molecule has 0 aromatic heterocycles. The first-order chi connectivity index (χ1) is 18.0. The monoisotopic (exact) mass is 496 g/mol. The number of benzene rings is 3. The zero-order valence-electron chi connectivity index (χ0n) is 20.8. The maximum atomic E-state index is 13.5. The Balaban J connectivity index is 1.17. The van der Waals surface area contributed by atoms with Crippen molar-refractivity contribution in [2.45, 2.75) is 67.7 Å². The molecule has 37 heavy (non-hydrogen) atoms. The third-order valence-electron chi connectivity index (χ3n) is 10.1. The number of fused-ring (bicyclic) bond motifs is 1. The number of nitrogens with zero attached hydrogens (tertiary/aromatic N) is 1. The molecule has 1 spiro atoms. The van der Waals surface area contributed by atoms with Gasteiger partial charge in [0.15, 0.2) is 11.5 Å². The second-order valence-corrected chi connectivity index (χ2v) is 12.0. The number of phenolic OH excluding ortho intramolecular Hbond substituents is 1. The van der Waals surface area contributed by atoms with Crippen molar-refractivity contribution in [3.63, 3.8) is 0 Å². The number of hydrogen-bond donors (Lipinski definition) is 3. The van der Waals surface area contributed by atoms with Gasteiger partial charge in [-0.2, -0.15) is 0 Å². The fraction of sp³-hybridized carbons (Fsp3) is 0.452. The summed E-state index contributed by atoms with van der Waals surface area (Å²) in [5.74, 6) is 1.27. The van der Waals surface area contributed by atoms with Crippen LogP contribution in [-0.4, -0.2) is 57.9 Å². The molecule has 3 N–H and O–H groups in total. The van der Waals surface area contributed by atoms with Crippen molar-refractivity contribution in [1.82, 2.24) is 10.2 Å². The van der Waals surface area contributed by atoms with E-state index in [1.165, 1.54) is 18.4 Å². The van der Waals surface area contributed by atoms with Crippen LogP contribution in [0, 0.1) is 5.92 Å². The molecular weight excluding hydrogens is 464 g/mol. The quantitative estimate of drug-likeness (QED) is 0.510. The van der Waals surface area contributed by atoms with E-state index in [0.29, 0.717) is 24.2 Å². The Morgan fingerprint density at radius 2 is 1.89 bits per heavy atom. The van der Waals surface area contributed by atoms with Crippen molar-refractivity contribution in [2.24, 2.45) is 5.92 Å². The summed E-state index contributed by atoms with van der Waals surface area (Å²) in [5, 5.41) is 28.8. The van der Waals surface area contributed by atoms with Crippen molar-refractivity contribution >= 4 is 16.7 Å². The van der Waals surface area contributed by atoms with Gasteiger partial charge in [0.1, 0.15) is 6.10 Å². The third-order valence-corrected chi connectivity index (χ3v) is 10.1. The Morgan fingerprint density at radius 3 is 2.73 bits per heavy atom. The number of nitrogens with one attached hydrogen (secondary N) is 1. The normalized spacial score (nSPS) is 33.6. The lowest BCUT2D eigenvalue weighted by Crippen LogP contribution is -2.78. The van der Waals surface area contributed by atoms with Gasteiger partial charge < -0.3 is 20.3 Å². The number of likely N-dealkylation sites (tertiary alicyclic amines) is 1. The standard InChI is InChI=1S/C31H32N2O4/c34-24-10-9-21-16-25-31(36)12-11-23(32-29(35)22-8-7-19-3-1-2-4-20(19)15-22)28-30(31,26(21)27(24)37-28)13-14-33(25)17-18-5-6-18/h1-4,7-10,15,18,23,25,28,34,36H,5-6,11-14,16-17H2,(H,32,35)/t23-,25?,28+,30+,31-/m1/s1. The number of piperidine rings is 1. The lowest BCUT2D eigenvalue weighted by Gasteiger charge is -2.64. The van der Waals surface area contributed by atoms with E-state index >= 15 is 0 Å². The van der Waals surface area contributed by atoms with E-state index in [-0.39, 0.29) is 23.7 Å². The number of carbonyl (C=O) groups excluding carboxylic acids is 1. The van der Waals surface area contributed by atoms with Gasteiger partial charge in [0, 0.05) is 23.7 Å². The summed E-state index contributed by atoms with van der Waals surface area (Å²) in [6, 6.07) is 17.4. The van der Waals surface area contributed by atoms with Crippen LogP contribution in [-0.2, 0) is 11.8 Å². The molecular formula is C31H32N2O4. The van der Waals surface area contributed by atoms with Gasteiger partial charge in [-0.05, 0) is 85.5 Å². The van der Waals surface area contributed by atoms with Gasteiger partial charge in [0.05, 0.1) is 17.1 Å². The molecule has 8 rings (SSSR count). The molecule has 5 atom stereocenters. The Labute approximate surface area is 216 Å². The number of ether oxygens (including phenoxy) is 1. The summed E-state index contributed by atoms with van der Waals surface area (Å²) in [7, 11) is 0. The number of phenols is 1. The topological polar surface area (TPSA) is 82.0 Å². The summed E-state index contributed by atoms with van der Waals surface area (Å²) in [6.45, 7) is 1.96. The molecule has 6 heteroatoms. The van der Waals surface area contributed by atoms with Crippen molar-refractivity contribution in [3.8, 4) is 11.5 Å². The number of aliphatic hydroxyl groups is 1. The fourth-order valence-electron chi connectivity index (χ4n) is 8.21. The van der Waals surface area contributed by atoms with E-state index in [4.69, 9.17) is 4.74 Å². The molecule has 0 radical (unpaired) electrons. The summed E-state index contributed by atoms with van der Waals surface area (Å²) in [6.07, 6.45) is 4.95. The van der Waals surface area contributed by atoms with E-state index in [0.717, 1.165) is 48.2 Å². The van der Waals surface area contributed by atoms with Crippen molar-refractivity contribution in [1.29, 1.82) is 0 Å². The first kappa shape index (κ1) is 21.9. The van der Waals surface area contributed by atoms with Crippen LogP contribution in [0.3, 0.4) is 0 Å². The Bertz CT molecular complexity index is 1450. The van der Waals surface area contributed by atoms with Crippen LogP contribution in [0.15, 0.2) is 54.6 Å². The van der Waals surface area contributed by atoms with Gasteiger partial charge >= 0.3 is 0 Å². The van der Waals surface area contributed by atoms with Gasteiger partial charge in [0.2, 0.25) is 0 Å². The number of hydrogen-bond acceptors (Lipinski definition) is 5. The molecule has 6 nitrogen and oxygen atoms in total. The van der Waals surface area contributed by atoms with Crippen LogP contribution in [0.1, 0.15) is 53.6 Å². The predicted octanol–water partition coefficient (Wildman–Crippen LogP) is 3.91. The number of rotatable bonds is 4. The van der Waals surface area contributed by atoms with Gasteiger partial charge in [-0.25, -0.2) is 0 Å². The Morgan fingerprint density at radius 1 is 1.05 bits per heavy atom. The van der Waals surface area contributed by atoms with Gasteiger partial charge in [-0.1, -0.05) is 36.4 Å². The smallest absolute Gasteiger partial charge is 0.251 e. The zero-order chi connectivity index (χ0) is 24.9. The molecule has 1 amide bonds. The SMILES string of the molecule is O=C(N[C@@H]1CC[C@@]2(O)C3Cc4ccc(O)c5c4[C@@]2(CCN3CC2CC2)[C@H]1O5)c1ccc2ccccc2c1. The lowest BCUT2D eigenvalue weighted by atomic mass is 9.48. The third kappa shape index (κ3) is 2.91. The summed E-state index contributed by atoms with van der Waals surface area (Å²) >= 11 is 0. The van der Waals surface area contributed by atoms with Crippen LogP contribution in [0.5, 0.6) is 11.5 Å². The highest BCUT2D eigenvalue weighted by Crippen LogP contribution is 2.65. The molecule has 3 aromatic carbocycles. The highest BCUT2D eigenvalue weighted by Gasteiger charge is 2.73. The molecule has 3 aromatic rings. The van der Waals surface area contributed by atoms with E-state index in [1.807, 2.05) is 48.5 Å². The van der Waals surface area contributed by atoms with Crippen LogP contribution >= 0.6 is 0 Å². The van der Waals surface area contributed by atoms with Crippen LogP contribution in [0.2, 0.25) is 0 Å². The molecule has 2 bridgehead atoms. The number of aromatic hydroxyl groups is 1. The van der Waals surface area contributed by atoms with Crippen molar-refractivity contribution < 1.29 is 19.7 Å². The minimum absolute atomic E-state index is 0.0353. The van der Waals surface area contributed by atoms with E-state index < -0.39 is 17.1 Å². The van der Waals surface area contributed by atoms with Crippen LogP contribution < -0.4 is 10.1 Å². The summed E-state index contributed by atoms with van der Waals surface area (Å²) in [5.41, 5.74) is 1.22. The molecule has 190 valence electrons. The fourth-order valence-corrected chi connectivity index (χ4v) is 8.21. The van der Waals surface area contributed by atoms with Crippen LogP contribution in [0.4, 0.5) is 0 Å². The highest BCUT2D eigenvalue weighted by atomic mass is 16.5. The first-order valence-electron chi connectivity index (χ1n) is 13.8. The molecule has 3 aliphatic carbocycles. The second-order valence-electron chi connectivity index (χ2n) is 12.0. The number of carbonyl (C=O) groups is 1. The van der Waals surface area contributed by atoms with Crippen LogP contribution in [0.25, 0.3) is 10.8 Å². The van der Waals surface area contributed by atoms with Crippen molar-refractivity contribution in [2.75, 3.05) is 13.1 Å². The van der Waals surface area contributed by atoms with E-state index in [1.54, 1.807) is 6.07 Å².